The number of hydrogen-bond acceptors (Lipinski definition) is 6. The van der Waals surface area contributed by atoms with Crippen molar-refractivity contribution in [1.29, 1.82) is 0 Å². The lowest BCUT2D eigenvalue weighted by molar-refractivity contribution is -0.207. The van der Waals surface area contributed by atoms with Crippen molar-refractivity contribution in [3.05, 3.63) is 0 Å². The highest BCUT2D eigenvalue weighted by molar-refractivity contribution is 5.72. The second kappa shape index (κ2) is 4.86. The molecule has 0 aromatic rings. The zero-order chi connectivity index (χ0) is 11.6. The monoisotopic (exact) mass is 221 g/mol. The van der Waals surface area contributed by atoms with Crippen molar-refractivity contribution in [3.63, 3.8) is 0 Å². The van der Waals surface area contributed by atoms with E-state index in [0.29, 0.717) is 0 Å². The van der Waals surface area contributed by atoms with Crippen LogP contribution in [-0.2, 0) is 9.53 Å². The van der Waals surface area contributed by atoms with Crippen molar-refractivity contribution in [2.75, 3.05) is 6.54 Å². The Hall–Kier alpha value is -0.730. The lowest BCUT2D eigenvalue weighted by Crippen LogP contribution is -2.56. The van der Waals surface area contributed by atoms with Crippen LogP contribution in [-0.4, -0.2) is 63.5 Å². The largest absolute Gasteiger partial charge is 0.479 e. The van der Waals surface area contributed by atoms with Crippen LogP contribution in [0.3, 0.4) is 0 Å². The van der Waals surface area contributed by atoms with Gasteiger partial charge in [-0.15, -0.1) is 0 Å². The van der Waals surface area contributed by atoms with Crippen LogP contribution in [0.1, 0.15) is 6.42 Å². The maximum Gasteiger partial charge on any atom is 0.332 e. The minimum absolute atomic E-state index is 0.180. The highest BCUT2D eigenvalue weighted by atomic mass is 16.5. The van der Waals surface area contributed by atoms with Crippen molar-refractivity contribution in [2.24, 2.45) is 5.73 Å². The van der Waals surface area contributed by atoms with E-state index in [1.165, 1.54) is 0 Å². The van der Waals surface area contributed by atoms with E-state index < -0.39 is 36.5 Å². The summed E-state index contributed by atoms with van der Waals surface area (Å²) in [7, 11) is 0. The quantitative estimate of drug-likeness (QED) is 0.349. The number of aliphatic carboxylic acids is 1. The average molecular weight is 221 g/mol. The number of aliphatic hydroxyl groups excluding tert-OH is 3. The Morgan fingerprint density at radius 2 is 2.13 bits per heavy atom. The van der Waals surface area contributed by atoms with E-state index in [9.17, 15) is 20.1 Å². The van der Waals surface area contributed by atoms with Crippen LogP contribution >= 0.6 is 0 Å². The van der Waals surface area contributed by atoms with Crippen LogP contribution in [0.4, 0.5) is 0 Å². The van der Waals surface area contributed by atoms with Crippen LogP contribution in [0.25, 0.3) is 0 Å². The highest BCUT2D eigenvalue weighted by Crippen LogP contribution is 2.22. The Morgan fingerprint density at radius 3 is 2.60 bits per heavy atom. The minimum Gasteiger partial charge on any atom is -0.479 e. The normalized spacial score (nSPS) is 38.7. The topological polar surface area (TPSA) is 133 Å². The van der Waals surface area contributed by atoms with Gasteiger partial charge >= 0.3 is 5.97 Å². The molecule has 1 aliphatic rings. The first-order valence-electron chi connectivity index (χ1n) is 4.60. The SMILES string of the molecule is NC[C@@H](O)C1O[C@@H](C(=O)O)CC(O)[C@H]1O. The van der Waals surface area contributed by atoms with Crippen LogP contribution in [0.5, 0.6) is 0 Å². The number of hydrogen-bond donors (Lipinski definition) is 5. The molecule has 7 nitrogen and oxygen atoms in total. The summed E-state index contributed by atoms with van der Waals surface area (Å²) in [5.41, 5.74) is 5.16. The second-order valence-electron chi connectivity index (χ2n) is 3.52. The first-order chi connectivity index (χ1) is 6.97. The molecule has 1 fully saturated rings. The van der Waals surface area contributed by atoms with Gasteiger partial charge in [0.25, 0.3) is 0 Å². The standard InChI is InChI=1S/C8H15NO6/c9-2-4(11)7-6(12)3(10)1-5(15-7)8(13)14/h3-7,10-12H,1-2,9H2,(H,13,14)/t3?,4-,5-,6-,7?/m1/s1. The number of carboxylic acids is 1. The smallest absolute Gasteiger partial charge is 0.332 e. The minimum atomic E-state index is -1.32. The Labute approximate surface area is 86.1 Å². The van der Waals surface area contributed by atoms with Crippen molar-refractivity contribution in [3.8, 4) is 0 Å². The van der Waals surface area contributed by atoms with Gasteiger partial charge in [-0.25, -0.2) is 4.79 Å². The van der Waals surface area contributed by atoms with Crippen LogP contribution in [0, 0.1) is 0 Å². The summed E-state index contributed by atoms with van der Waals surface area (Å²) in [6.45, 7) is -0.180. The van der Waals surface area contributed by atoms with E-state index in [1.54, 1.807) is 0 Å². The van der Waals surface area contributed by atoms with Gasteiger partial charge in [-0.05, 0) is 0 Å². The van der Waals surface area contributed by atoms with E-state index in [4.69, 9.17) is 15.6 Å². The van der Waals surface area contributed by atoms with Gasteiger partial charge in [-0.2, -0.15) is 0 Å². The molecule has 1 saturated heterocycles. The molecule has 0 amide bonds. The predicted molar refractivity (Wildman–Crippen MR) is 48.0 cm³/mol. The lowest BCUT2D eigenvalue weighted by Gasteiger charge is -2.37. The van der Waals surface area contributed by atoms with E-state index >= 15 is 0 Å². The molecule has 0 aromatic heterocycles. The molecule has 0 aromatic carbocycles. The summed E-state index contributed by atoms with van der Waals surface area (Å²) in [5, 5.41) is 36.9. The molecular weight excluding hydrogens is 206 g/mol. The zero-order valence-electron chi connectivity index (χ0n) is 7.98. The molecule has 1 heterocycles. The van der Waals surface area contributed by atoms with Gasteiger partial charge in [0.05, 0.1) is 12.2 Å². The van der Waals surface area contributed by atoms with Gasteiger partial charge < -0.3 is 30.9 Å². The van der Waals surface area contributed by atoms with Crippen molar-refractivity contribution >= 4 is 5.97 Å². The van der Waals surface area contributed by atoms with Gasteiger partial charge in [0.1, 0.15) is 12.2 Å². The first kappa shape index (κ1) is 12.3. The number of carboxylic acid groups (broad SMARTS) is 1. The Morgan fingerprint density at radius 1 is 1.53 bits per heavy atom. The maximum atomic E-state index is 10.6. The molecule has 2 unspecified atom stereocenters. The highest BCUT2D eigenvalue weighted by Gasteiger charge is 2.42. The van der Waals surface area contributed by atoms with E-state index in [1.807, 2.05) is 0 Å². The Balaban J connectivity index is 2.72. The summed E-state index contributed by atoms with van der Waals surface area (Å²) in [5.74, 6) is -1.24. The lowest BCUT2D eigenvalue weighted by atomic mass is 9.94. The van der Waals surface area contributed by atoms with Crippen molar-refractivity contribution in [1.82, 2.24) is 0 Å². The maximum absolute atomic E-state index is 10.6. The van der Waals surface area contributed by atoms with Gasteiger partial charge in [0.2, 0.25) is 0 Å². The fourth-order valence-corrected chi connectivity index (χ4v) is 1.51. The Bertz CT molecular complexity index is 235. The van der Waals surface area contributed by atoms with Crippen LogP contribution in [0.15, 0.2) is 0 Å². The molecule has 1 rings (SSSR count). The number of ether oxygens (including phenoxy) is 1. The van der Waals surface area contributed by atoms with Crippen molar-refractivity contribution < 1.29 is 30.0 Å². The van der Waals surface area contributed by atoms with Gasteiger partial charge in [0, 0.05) is 13.0 Å². The summed E-state index contributed by atoms with van der Waals surface area (Å²) in [4.78, 5) is 10.6. The third kappa shape index (κ3) is 2.64. The van der Waals surface area contributed by atoms with E-state index in [0.717, 1.165) is 0 Å². The molecule has 6 N–H and O–H groups in total. The molecule has 88 valence electrons. The third-order valence-electron chi connectivity index (χ3n) is 2.40. The van der Waals surface area contributed by atoms with Crippen LogP contribution < -0.4 is 5.73 Å². The van der Waals surface area contributed by atoms with E-state index in [2.05, 4.69) is 0 Å². The van der Waals surface area contributed by atoms with Crippen molar-refractivity contribution in [2.45, 2.75) is 36.9 Å². The molecule has 0 bridgehead atoms. The average Bonchev–Trinajstić information content (AvgIpc) is 2.20. The molecular formula is C8H15NO6. The molecule has 0 spiro atoms. The second-order valence-corrected chi connectivity index (χ2v) is 3.52. The number of rotatable bonds is 3. The molecule has 0 radical (unpaired) electrons. The van der Waals surface area contributed by atoms with Gasteiger partial charge in [-0.3, -0.25) is 0 Å². The van der Waals surface area contributed by atoms with Gasteiger partial charge in [-0.1, -0.05) is 0 Å². The molecule has 1 aliphatic heterocycles. The fourth-order valence-electron chi connectivity index (χ4n) is 1.51. The molecule has 15 heavy (non-hydrogen) atoms. The molecule has 0 saturated carbocycles. The summed E-state index contributed by atoms with van der Waals surface area (Å²) < 4.78 is 4.94. The number of carbonyl (C=O) groups is 1. The summed E-state index contributed by atoms with van der Waals surface area (Å²) in [6, 6.07) is 0. The number of nitrogens with two attached hydrogens (primary N) is 1. The molecule has 0 aliphatic carbocycles. The van der Waals surface area contributed by atoms with E-state index in [-0.39, 0.29) is 13.0 Å². The third-order valence-corrected chi connectivity index (χ3v) is 2.40. The summed E-state index contributed by atoms with van der Waals surface area (Å²) >= 11 is 0. The number of aliphatic hydroxyl groups is 3. The zero-order valence-corrected chi connectivity index (χ0v) is 7.98. The van der Waals surface area contributed by atoms with Crippen LogP contribution in [0.2, 0.25) is 0 Å². The molecule has 5 atom stereocenters. The molecule has 7 heteroatoms. The van der Waals surface area contributed by atoms with Gasteiger partial charge in [0.15, 0.2) is 6.10 Å². The first-order valence-corrected chi connectivity index (χ1v) is 4.60. The predicted octanol–water partition coefficient (Wildman–Crippen LogP) is -2.73. The fraction of sp³-hybridized carbons (Fsp3) is 0.875. The summed E-state index contributed by atoms with van der Waals surface area (Å²) in [6.07, 6.45) is -6.35. The Kier molecular flexibility index (Phi) is 4.00.